The van der Waals surface area contributed by atoms with Crippen molar-refractivity contribution in [2.45, 2.75) is 0 Å². The van der Waals surface area contributed by atoms with Gasteiger partial charge in [-0.05, 0) is 24.3 Å². The Balaban J connectivity index is 1.39. The van der Waals surface area contributed by atoms with Crippen LogP contribution in [-0.2, 0) is 0 Å². The van der Waals surface area contributed by atoms with Gasteiger partial charge in [-0.15, -0.1) is 0 Å². The molecule has 0 bridgehead atoms. The molecule has 38 heavy (non-hydrogen) atoms. The summed E-state index contributed by atoms with van der Waals surface area (Å²) in [6, 6.07) is 38.2. The molecule has 3 heterocycles. The minimum Gasteiger partial charge on any atom is -0.456 e. The first-order valence-corrected chi connectivity index (χ1v) is 12.5. The molecule has 0 atom stereocenters. The molecule has 0 N–H and O–H groups in total. The number of hydrogen-bond acceptors (Lipinski definition) is 5. The predicted molar refractivity (Wildman–Crippen MR) is 151 cm³/mol. The van der Waals surface area contributed by atoms with E-state index >= 15 is 0 Å². The maximum Gasteiger partial charge on any atom is 0.167 e. The maximum absolute atomic E-state index is 6.51. The Morgan fingerprint density at radius 1 is 0.395 bits per heavy atom. The fourth-order valence-corrected chi connectivity index (χ4v) is 5.12. The van der Waals surface area contributed by atoms with E-state index in [0.29, 0.717) is 17.5 Å². The van der Waals surface area contributed by atoms with E-state index < -0.39 is 0 Å². The zero-order chi connectivity index (χ0) is 25.1. The Morgan fingerprint density at radius 3 is 1.66 bits per heavy atom. The smallest absolute Gasteiger partial charge is 0.167 e. The summed E-state index contributed by atoms with van der Waals surface area (Å²) in [5.74, 6) is 1.80. The van der Waals surface area contributed by atoms with Crippen molar-refractivity contribution in [2.24, 2.45) is 0 Å². The van der Waals surface area contributed by atoms with E-state index in [-0.39, 0.29) is 0 Å². The molecule has 5 heteroatoms. The number of hydrogen-bond donors (Lipinski definition) is 0. The first-order chi connectivity index (χ1) is 18.8. The van der Waals surface area contributed by atoms with Gasteiger partial charge in [-0.1, -0.05) is 91.0 Å². The topological polar surface area (TPSA) is 65.0 Å². The predicted octanol–water partition coefficient (Wildman–Crippen LogP) is 8.67. The van der Waals surface area contributed by atoms with Crippen molar-refractivity contribution < 1.29 is 8.83 Å². The van der Waals surface area contributed by atoms with Crippen LogP contribution in [0.5, 0.6) is 0 Å². The van der Waals surface area contributed by atoms with Crippen molar-refractivity contribution in [3.63, 3.8) is 0 Å². The number of furan rings is 2. The number of rotatable bonds is 3. The molecule has 178 valence electrons. The molecule has 0 fully saturated rings. The molecule has 3 aromatic heterocycles. The van der Waals surface area contributed by atoms with Crippen LogP contribution in [0.1, 0.15) is 0 Å². The lowest BCUT2D eigenvalue weighted by Crippen LogP contribution is -2.00. The van der Waals surface area contributed by atoms with Crippen molar-refractivity contribution in [1.29, 1.82) is 0 Å². The molecule has 5 aromatic carbocycles. The van der Waals surface area contributed by atoms with Crippen LogP contribution in [0.25, 0.3) is 78.0 Å². The lowest BCUT2D eigenvalue weighted by Gasteiger charge is -2.08. The van der Waals surface area contributed by atoms with Crippen molar-refractivity contribution in [2.75, 3.05) is 0 Å². The van der Waals surface area contributed by atoms with Gasteiger partial charge in [0.25, 0.3) is 0 Å². The van der Waals surface area contributed by atoms with E-state index in [4.69, 9.17) is 23.8 Å². The molecule has 0 spiro atoms. The highest BCUT2D eigenvalue weighted by atomic mass is 16.3. The van der Waals surface area contributed by atoms with Crippen LogP contribution in [0.2, 0.25) is 0 Å². The summed E-state index contributed by atoms with van der Waals surface area (Å²) in [5, 5.41) is 4.09. The molecule has 8 rings (SSSR count). The first kappa shape index (κ1) is 20.9. The highest BCUT2D eigenvalue weighted by Gasteiger charge is 2.19. The second kappa shape index (κ2) is 8.11. The van der Waals surface area contributed by atoms with Gasteiger partial charge in [0.05, 0.1) is 5.56 Å². The Kier molecular flexibility index (Phi) is 4.45. The van der Waals surface area contributed by atoms with Gasteiger partial charge in [-0.3, -0.25) is 0 Å². The van der Waals surface area contributed by atoms with E-state index in [1.165, 1.54) is 0 Å². The highest BCUT2D eigenvalue weighted by Crippen LogP contribution is 2.39. The fraction of sp³-hybridized carbons (Fsp3) is 0. The number of para-hydroxylation sites is 2. The second-order valence-electron chi connectivity index (χ2n) is 9.27. The van der Waals surface area contributed by atoms with Gasteiger partial charge in [-0.2, -0.15) is 0 Å². The van der Waals surface area contributed by atoms with Crippen molar-refractivity contribution >= 4 is 43.9 Å². The molecular formula is C33H19N3O2. The Hall–Kier alpha value is -5.29. The van der Waals surface area contributed by atoms with Crippen LogP contribution in [0.4, 0.5) is 0 Å². The molecule has 0 amide bonds. The summed E-state index contributed by atoms with van der Waals surface area (Å²) in [4.78, 5) is 14.6. The molecule has 8 aromatic rings. The molecule has 5 nitrogen and oxygen atoms in total. The number of benzene rings is 5. The van der Waals surface area contributed by atoms with Crippen LogP contribution in [0, 0.1) is 0 Å². The zero-order valence-electron chi connectivity index (χ0n) is 20.1. The third-order valence-electron chi connectivity index (χ3n) is 6.94. The SMILES string of the molecule is c1ccc(-c2nc(-c3ccccc3)nc(-c3cccc4c3oc3cc5c(cc34)oc3ccccc35)n2)cc1. The molecule has 0 unspecified atom stereocenters. The van der Waals surface area contributed by atoms with Gasteiger partial charge in [0, 0.05) is 32.7 Å². The van der Waals surface area contributed by atoms with E-state index in [1.54, 1.807) is 0 Å². The summed E-state index contributed by atoms with van der Waals surface area (Å²) in [6.45, 7) is 0. The summed E-state index contributed by atoms with van der Waals surface area (Å²) in [7, 11) is 0. The average molecular weight is 490 g/mol. The molecular weight excluding hydrogens is 470 g/mol. The van der Waals surface area contributed by atoms with Crippen LogP contribution < -0.4 is 0 Å². The summed E-state index contributed by atoms with van der Waals surface area (Å²) < 4.78 is 12.7. The lowest BCUT2D eigenvalue weighted by atomic mass is 10.1. The summed E-state index contributed by atoms with van der Waals surface area (Å²) in [6.07, 6.45) is 0. The lowest BCUT2D eigenvalue weighted by molar-refractivity contribution is 0.664. The van der Waals surface area contributed by atoms with Crippen LogP contribution in [0.15, 0.2) is 124 Å². The van der Waals surface area contributed by atoms with Crippen LogP contribution >= 0.6 is 0 Å². The van der Waals surface area contributed by atoms with E-state index in [1.807, 2.05) is 91.0 Å². The van der Waals surface area contributed by atoms with Crippen molar-refractivity contribution in [1.82, 2.24) is 15.0 Å². The molecule has 0 aliphatic rings. The third kappa shape index (κ3) is 3.22. The number of nitrogens with zero attached hydrogens (tertiary/aromatic N) is 3. The minimum atomic E-state index is 0.566. The van der Waals surface area contributed by atoms with E-state index in [0.717, 1.165) is 60.6 Å². The maximum atomic E-state index is 6.51. The normalized spacial score (nSPS) is 11.7. The quantitative estimate of drug-likeness (QED) is 0.248. The molecule has 0 saturated heterocycles. The van der Waals surface area contributed by atoms with Gasteiger partial charge in [0.2, 0.25) is 0 Å². The van der Waals surface area contributed by atoms with Crippen LogP contribution in [-0.4, -0.2) is 15.0 Å². The molecule has 0 aliphatic carbocycles. The Bertz CT molecular complexity index is 2070. The molecule has 0 radical (unpaired) electrons. The van der Waals surface area contributed by atoms with Gasteiger partial charge >= 0.3 is 0 Å². The highest BCUT2D eigenvalue weighted by molar-refractivity contribution is 6.16. The van der Waals surface area contributed by atoms with Gasteiger partial charge in [0.1, 0.15) is 22.3 Å². The second-order valence-corrected chi connectivity index (χ2v) is 9.27. The average Bonchev–Trinajstić information content (AvgIpc) is 3.54. The number of aromatic nitrogens is 3. The fourth-order valence-electron chi connectivity index (χ4n) is 5.12. The monoisotopic (exact) mass is 489 g/mol. The molecule has 0 aliphatic heterocycles. The third-order valence-corrected chi connectivity index (χ3v) is 6.94. The largest absolute Gasteiger partial charge is 0.456 e. The van der Waals surface area contributed by atoms with E-state index in [2.05, 4.69) is 24.3 Å². The number of fused-ring (bicyclic) bond motifs is 6. The van der Waals surface area contributed by atoms with Crippen molar-refractivity contribution in [3.8, 4) is 34.2 Å². The van der Waals surface area contributed by atoms with Gasteiger partial charge in [0.15, 0.2) is 17.5 Å². The van der Waals surface area contributed by atoms with E-state index in [9.17, 15) is 0 Å². The zero-order valence-corrected chi connectivity index (χ0v) is 20.1. The van der Waals surface area contributed by atoms with Gasteiger partial charge < -0.3 is 8.83 Å². The van der Waals surface area contributed by atoms with Crippen molar-refractivity contribution in [3.05, 3.63) is 115 Å². The first-order valence-electron chi connectivity index (χ1n) is 12.5. The standard InChI is InChI=1S/C33H19N3O2/c1-3-10-20(11-4-1)31-34-32(21-12-5-2-6-13-21)36-33(35-31)24-16-9-15-23-26-19-28-25(18-29(26)38-30(23)24)22-14-7-8-17-27(22)37-28/h1-19H. The molecule has 0 saturated carbocycles. The van der Waals surface area contributed by atoms with Gasteiger partial charge in [-0.25, -0.2) is 15.0 Å². The minimum absolute atomic E-state index is 0.566. The Labute approximate surface area is 217 Å². The summed E-state index contributed by atoms with van der Waals surface area (Å²) in [5.41, 5.74) is 5.92. The van der Waals surface area contributed by atoms with Crippen LogP contribution in [0.3, 0.4) is 0 Å². The Morgan fingerprint density at radius 2 is 0.947 bits per heavy atom. The summed E-state index contributed by atoms with van der Waals surface area (Å²) >= 11 is 0.